The van der Waals surface area contributed by atoms with Crippen LogP contribution in [0.3, 0.4) is 0 Å². The molecule has 0 spiro atoms. The second-order valence-electron chi connectivity index (χ2n) is 6.87. The van der Waals surface area contributed by atoms with Crippen molar-refractivity contribution >= 4 is 22.9 Å². The number of nitrogens with zero attached hydrogens (tertiary/aromatic N) is 2. The molecule has 0 aliphatic heterocycles. The van der Waals surface area contributed by atoms with Crippen molar-refractivity contribution in [2.24, 2.45) is 5.92 Å². The fraction of sp³-hybridized carbons (Fsp3) is 0.286. The molecule has 2 aromatic heterocycles. The molecule has 1 N–H and O–H groups in total. The van der Waals surface area contributed by atoms with Crippen LogP contribution in [0.25, 0.3) is 10.6 Å². The molecule has 1 aromatic carbocycles. The van der Waals surface area contributed by atoms with Crippen molar-refractivity contribution < 1.29 is 4.79 Å². The Hall–Kier alpha value is -2.53. The van der Waals surface area contributed by atoms with Gasteiger partial charge in [-0.3, -0.25) is 9.78 Å². The number of anilines is 1. The van der Waals surface area contributed by atoms with Gasteiger partial charge in [-0.05, 0) is 62.4 Å². The molecule has 0 fully saturated rings. The molecule has 1 atom stereocenters. The lowest BCUT2D eigenvalue weighted by molar-refractivity contribution is -0.120. The lowest BCUT2D eigenvalue weighted by Crippen LogP contribution is -2.28. The van der Waals surface area contributed by atoms with Gasteiger partial charge in [0.15, 0.2) is 0 Å². The highest BCUT2D eigenvalue weighted by Gasteiger charge is 2.28. The first-order chi connectivity index (χ1) is 12.6. The number of amides is 1. The topological polar surface area (TPSA) is 54.9 Å². The molecular weight excluding hydrogens is 342 g/mol. The number of benzene rings is 1. The Morgan fingerprint density at radius 1 is 1.19 bits per heavy atom. The van der Waals surface area contributed by atoms with Gasteiger partial charge in [-0.15, -0.1) is 11.3 Å². The van der Waals surface area contributed by atoms with Crippen molar-refractivity contribution in [3.05, 3.63) is 64.4 Å². The van der Waals surface area contributed by atoms with E-state index in [2.05, 4.69) is 16.4 Å². The Morgan fingerprint density at radius 3 is 2.81 bits per heavy atom. The predicted octanol–water partition coefficient (Wildman–Crippen LogP) is 4.57. The molecule has 1 aliphatic rings. The van der Waals surface area contributed by atoms with Crippen LogP contribution < -0.4 is 5.32 Å². The van der Waals surface area contributed by atoms with Gasteiger partial charge in [-0.1, -0.05) is 12.1 Å². The predicted molar refractivity (Wildman–Crippen MR) is 105 cm³/mol. The molecule has 3 aromatic rings. The molecule has 4 nitrogen and oxygen atoms in total. The normalized spacial score (nSPS) is 16.2. The smallest absolute Gasteiger partial charge is 0.227 e. The molecule has 0 saturated heterocycles. The first-order valence-electron chi connectivity index (χ1n) is 8.87. The van der Waals surface area contributed by atoms with Crippen LogP contribution in [0.15, 0.2) is 42.7 Å². The van der Waals surface area contributed by atoms with Crippen LogP contribution in [-0.2, 0) is 17.6 Å². The Kier molecular flexibility index (Phi) is 4.55. The highest BCUT2D eigenvalue weighted by Crippen LogP contribution is 2.35. The second kappa shape index (κ2) is 7.00. The van der Waals surface area contributed by atoms with Crippen LogP contribution in [0.2, 0.25) is 0 Å². The van der Waals surface area contributed by atoms with E-state index in [0.29, 0.717) is 0 Å². The van der Waals surface area contributed by atoms with E-state index in [0.717, 1.165) is 52.3 Å². The van der Waals surface area contributed by atoms with Gasteiger partial charge in [-0.2, -0.15) is 0 Å². The zero-order valence-electron chi connectivity index (χ0n) is 15.0. The van der Waals surface area contributed by atoms with E-state index in [9.17, 15) is 4.79 Å². The minimum atomic E-state index is 0.00755. The van der Waals surface area contributed by atoms with Gasteiger partial charge in [0.2, 0.25) is 5.91 Å². The number of fused-ring (bicyclic) bond motifs is 1. The molecule has 1 amide bonds. The number of hydrogen-bond acceptors (Lipinski definition) is 4. The fourth-order valence-electron chi connectivity index (χ4n) is 3.32. The largest absolute Gasteiger partial charge is 0.326 e. The fourth-order valence-corrected chi connectivity index (χ4v) is 4.52. The van der Waals surface area contributed by atoms with Crippen molar-refractivity contribution in [1.29, 1.82) is 0 Å². The average molecular weight is 363 g/mol. The van der Waals surface area contributed by atoms with Crippen LogP contribution in [-0.4, -0.2) is 15.9 Å². The van der Waals surface area contributed by atoms with Crippen molar-refractivity contribution in [2.75, 3.05) is 5.32 Å². The summed E-state index contributed by atoms with van der Waals surface area (Å²) in [6.45, 7) is 4.07. The first kappa shape index (κ1) is 16.9. The SMILES string of the molecule is Cc1ccc(C)c(NC(=O)C2CCc3nc(-c4ccncc4)sc3C2)c1. The van der Waals surface area contributed by atoms with Gasteiger partial charge in [0.25, 0.3) is 0 Å². The van der Waals surface area contributed by atoms with E-state index in [1.807, 2.05) is 38.1 Å². The molecule has 2 heterocycles. The van der Waals surface area contributed by atoms with Crippen molar-refractivity contribution in [2.45, 2.75) is 33.1 Å². The molecule has 1 aliphatic carbocycles. The number of rotatable bonds is 3. The molecular formula is C21H21N3OS. The maximum Gasteiger partial charge on any atom is 0.227 e. The summed E-state index contributed by atoms with van der Waals surface area (Å²) in [5, 5.41) is 4.15. The molecule has 1 unspecified atom stereocenters. The van der Waals surface area contributed by atoms with Crippen LogP contribution in [0.4, 0.5) is 5.69 Å². The van der Waals surface area contributed by atoms with Gasteiger partial charge in [0, 0.05) is 34.4 Å². The number of pyridine rings is 1. The summed E-state index contributed by atoms with van der Waals surface area (Å²) in [7, 11) is 0. The first-order valence-corrected chi connectivity index (χ1v) is 9.69. The highest BCUT2D eigenvalue weighted by atomic mass is 32.1. The van der Waals surface area contributed by atoms with E-state index in [1.165, 1.54) is 4.88 Å². The zero-order chi connectivity index (χ0) is 18.1. The molecule has 5 heteroatoms. The maximum absolute atomic E-state index is 12.8. The third kappa shape index (κ3) is 3.40. The van der Waals surface area contributed by atoms with Crippen LogP contribution in [0.5, 0.6) is 0 Å². The van der Waals surface area contributed by atoms with Crippen LogP contribution >= 0.6 is 11.3 Å². The quantitative estimate of drug-likeness (QED) is 0.742. The number of hydrogen-bond donors (Lipinski definition) is 1. The molecule has 4 rings (SSSR count). The molecule has 0 radical (unpaired) electrons. The Labute approximate surface area is 157 Å². The van der Waals surface area contributed by atoms with Gasteiger partial charge < -0.3 is 5.32 Å². The number of aromatic nitrogens is 2. The third-order valence-corrected chi connectivity index (χ3v) is 6.06. The van der Waals surface area contributed by atoms with Gasteiger partial charge in [-0.25, -0.2) is 4.98 Å². The van der Waals surface area contributed by atoms with E-state index >= 15 is 0 Å². The lowest BCUT2D eigenvalue weighted by Gasteiger charge is -2.21. The number of carbonyl (C=O) groups is 1. The highest BCUT2D eigenvalue weighted by molar-refractivity contribution is 7.15. The monoisotopic (exact) mass is 363 g/mol. The van der Waals surface area contributed by atoms with Gasteiger partial charge >= 0.3 is 0 Å². The van der Waals surface area contributed by atoms with E-state index in [-0.39, 0.29) is 11.8 Å². The number of nitrogens with one attached hydrogen (secondary N) is 1. The molecule has 0 saturated carbocycles. The third-order valence-electron chi connectivity index (χ3n) is 4.89. The van der Waals surface area contributed by atoms with E-state index in [4.69, 9.17) is 4.98 Å². The zero-order valence-corrected chi connectivity index (χ0v) is 15.8. The van der Waals surface area contributed by atoms with Gasteiger partial charge in [0.05, 0.1) is 5.69 Å². The van der Waals surface area contributed by atoms with Crippen molar-refractivity contribution in [3.63, 3.8) is 0 Å². The van der Waals surface area contributed by atoms with Gasteiger partial charge in [0.1, 0.15) is 5.01 Å². The summed E-state index contributed by atoms with van der Waals surface area (Å²) in [4.78, 5) is 22.9. The molecule has 132 valence electrons. The van der Waals surface area contributed by atoms with E-state index in [1.54, 1.807) is 23.7 Å². The molecule has 0 bridgehead atoms. The van der Waals surface area contributed by atoms with Crippen LogP contribution in [0.1, 0.15) is 28.1 Å². The Bertz CT molecular complexity index is 949. The minimum Gasteiger partial charge on any atom is -0.326 e. The minimum absolute atomic E-state index is 0.00755. The number of carbonyl (C=O) groups excluding carboxylic acids is 1. The van der Waals surface area contributed by atoms with E-state index < -0.39 is 0 Å². The summed E-state index contributed by atoms with van der Waals surface area (Å²) < 4.78 is 0. The van der Waals surface area contributed by atoms with Crippen LogP contribution in [0, 0.1) is 19.8 Å². The summed E-state index contributed by atoms with van der Waals surface area (Å²) in [5.41, 5.74) is 5.41. The standard InChI is InChI=1S/C21H21N3OS/c1-13-3-4-14(2)18(11-13)23-20(25)16-5-6-17-19(12-16)26-21(24-17)15-7-9-22-10-8-15/h3-4,7-11,16H,5-6,12H2,1-2H3,(H,23,25). The number of thiazole rings is 1. The Balaban J connectivity index is 1.50. The Morgan fingerprint density at radius 2 is 2.00 bits per heavy atom. The molecule has 26 heavy (non-hydrogen) atoms. The summed E-state index contributed by atoms with van der Waals surface area (Å²) >= 11 is 1.70. The summed E-state index contributed by atoms with van der Waals surface area (Å²) in [5.74, 6) is 0.122. The second-order valence-corrected chi connectivity index (χ2v) is 7.96. The summed E-state index contributed by atoms with van der Waals surface area (Å²) in [6, 6.07) is 10.1. The maximum atomic E-state index is 12.8. The average Bonchev–Trinajstić information content (AvgIpc) is 3.08. The number of aryl methyl sites for hydroxylation is 3. The summed E-state index contributed by atoms with van der Waals surface area (Å²) in [6.07, 6.45) is 6.06. The van der Waals surface area contributed by atoms with Crippen molar-refractivity contribution in [3.8, 4) is 10.6 Å². The van der Waals surface area contributed by atoms with Crippen molar-refractivity contribution in [1.82, 2.24) is 9.97 Å². The lowest BCUT2D eigenvalue weighted by atomic mass is 9.90.